The molecule has 0 saturated carbocycles. The van der Waals surface area contributed by atoms with Crippen molar-refractivity contribution in [2.75, 3.05) is 62.7 Å². The fourth-order valence-corrected chi connectivity index (χ4v) is 7.93. The number of pyridine rings is 1. The predicted molar refractivity (Wildman–Crippen MR) is 138 cm³/mol. The van der Waals surface area contributed by atoms with Crippen molar-refractivity contribution in [2.45, 2.75) is 31.2 Å². The highest BCUT2D eigenvalue weighted by Crippen LogP contribution is 2.31. The van der Waals surface area contributed by atoms with Crippen LogP contribution in [0.1, 0.15) is 40.7 Å². The number of hydrogen-bond acceptors (Lipinski definition) is 8. The monoisotopic (exact) mass is 532 g/mol. The van der Waals surface area contributed by atoms with E-state index in [1.54, 1.807) is 18.6 Å². The Hall–Kier alpha value is -2.73. The second-order valence-electron chi connectivity index (χ2n) is 9.75. The zero-order chi connectivity index (χ0) is 25.3. The first-order valence-electron chi connectivity index (χ1n) is 12.4. The molecule has 2 aromatic rings. The number of urea groups is 1. The topological polar surface area (TPSA) is 107 Å². The lowest BCUT2D eigenvalue weighted by atomic mass is 9.98. The van der Waals surface area contributed by atoms with E-state index in [1.165, 1.54) is 16.2 Å². The predicted octanol–water partition coefficient (Wildman–Crippen LogP) is 1.92. The summed E-state index contributed by atoms with van der Waals surface area (Å²) in [5.41, 5.74) is 0.381. The van der Waals surface area contributed by atoms with Gasteiger partial charge in [0.1, 0.15) is 11.5 Å². The zero-order valence-electron chi connectivity index (χ0n) is 20.5. The number of likely N-dealkylation sites (tertiary alicyclic amines) is 1. The number of piperidine rings is 1. The van der Waals surface area contributed by atoms with Gasteiger partial charge in [0.2, 0.25) is 0 Å². The lowest BCUT2D eigenvalue weighted by Gasteiger charge is -2.39. The third kappa shape index (κ3) is 5.34. The molecule has 5 heterocycles. The van der Waals surface area contributed by atoms with Crippen molar-refractivity contribution in [1.82, 2.24) is 24.7 Å². The normalized spacial score (nSPS) is 22.6. The molecule has 5 rings (SSSR count). The minimum atomic E-state index is -3.06. The van der Waals surface area contributed by atoms with Crippen molar-refractivity contribution in [1.29, 1.82) is 0 Å². The molecule has 0 aliphatic carbocycles. The van der Waals surface area contributed by atoms with Gasteiger partial charge in [0.05, 0.1) is 16.5 Å². The fraction of sp³-hybridized carbons (Fsp3) is 0.583. The van der Waals surface area contributed by atoms with Gasteiger partial charge in [0, 0.05) is 69.9 Å². The Balaban J connectivity index is 1.11. The summed E-state index contributed by atoms with van der Waals surface area (Å²) in [5, 5.41) is 2.69. The number of rotatable bonds is 4. The van der Waals surface area contributed by atoms with Crippen LogP contribution in [0, 0.1) is 0 Å². The number of thiazole rings is 1. The van der Waals surface area contributed by atoms with Gasteiger partial charge in [-0.2, -0.15) is 0 Å². The molecule has 3 fully saturated rings. The van der Waals surface area contributed by atoms with Gasteiger partial charge < -0.3 is 19.6 Å². The molecule has 2 aromatic heterocycles. The van der Waals surface area contributed by atoms with E-state index in [9.17, 15) is 18.0 Å². The van der Waals surface area contributed by atoms with Gasteiger partial charge in [0.15, 0.2) is 9.84 Å². The highest BCUT2D eigenvalue weighted by molar-refractivity contribution is 7.91. The van der Waals surface area contributed by atoms with Crippen molar-refractivity contribution in [3.8, 4) is 0 Å². The first kappa shape index (κ1) is 24.9. The van der Waals surface area contributed by atoms with E-state index in [2.05, 4.69) is 14.9 Å². The van der Waals surface area contributed by atoms with Crippen LogP contribution in [0.2, 0.25) is 0 Å². The van der Waals surface area contributed by atoms with Crippen molar-refractivity contribution in [3.05, 3.63) is 40.5 Å². The zero-order valence-corrected chi connectivity index (χ0v) is 22.1. The number of carbonyl (C=O) groups is 2. The van der Waals surface area contributed by atoms with Crippen molar-refractivity contribution >= 4 is 38.9 Å². The summed E-state index contributed by atoms with van der Waals surface area (Å²) in [7, 11) is -1.40. The van der Waals surface area contributed by atoms with Crippen molar-refractivity contribution in [2.24, 2.45) is 0 Å². The summed E-state index contributed by atoms with van der Waals surface area (Å²) in [6.45, 7) is 4.26. The van der Waals surface area contributed by atoms with Crippen LogP contribution >= 0.6 is 11.3 Å². The Morgan fingerprint density at radius 3 is 2.39 bits per heavy atom. The molecule has 3 aliphatic heterocycles. The number of carbonyl (C=O) groups excluding carboxylic acids is 2. The van der Waals surface area contributed by atoms with Crippen LogP contribution in [0.15, 0.2) is 29.8 Å². The smallest absolute Gasteiger partial charge is 0.320 e. The molecule has 12 heteroatoms. The first-order chi connectivity index (χ1) is 17.3. The molecule has 0 aromatic carbocycles. The van der Waals surface area contributed by atoms with E-state index >= 15 is 0 Å². The van der Waals surface area contributed by atoms with Crippen molar-refractivity contribution < 1.29 is 18.0 Å². The average molecular weight is 533 g/mol. The molecule has 3 amide bonds. The van der Waals surface area contributed by atoms with E-state index in [1.807, 2.05) is 28.0 Å². The molecule has 3 aliphatic rings. The van der Waals surface area contributed by atoms with Gasteiger partial charge in [-0.3, -0.25) is 4.79 Å². The van der Waals surface area contributed by atoms with Crippen LogP contribution in [0.25, 0.3) is 0 Å². The number of sulfone groups is 1. The summed E-state index contributed by atoms with van der Waals surface area (Å²) in [5.74, 6) is 1.10. The van der Waals surface area contributed by atoms with Crippen LogP contribution in [0.3, 0.4) is 0 Å². The average Bonchev–Trinajstić information content (AvgIpc) is 3.55. The quantitative estimate of drug-likeness (QED) is 0.592. The molecular weight excluding hydrogens is 500 g/mol. The Morgan fingerprint density at radius 2 is 1.75 bits per heavy atom. The van der Waals surface area contributed by atoms with Gasteiger partial charge in [-0.25, -0.2) is 23.2 Å². The molecule has 0 N–H and O–H groups in total. The van der Waals surface area contributed by atoms with Crippen LogP contribution < -0.4 is 4.90 Å². The first-order valence-corrected chi connectivity index (χ1v) is 15.1. The van der Waals surface area contributed by atoms with Gasteiger partial charge in [-0.1, -0.05) is 6.07 Å². The number of hydrogen-bond donors (Lipinski definition) is 0. The Morgan fingerprint density at radius 1 is 1.03 bits per heavy atom. The molecule has 36 heavy (non-hydrogen) atoms. The van der Waals surface area contributed by atoms with Crippen LogP contribution in [-0.2, 0) is 9.84 Å². The molecule has 1 unspecified atom stereocenters. The lowest BCUT2D eigenvalue weighted by Crippen LogP contribution is -2.54. The molecule has 0 bridgehead atoms. The number of aromatic nitrogens is 2. The van der Waals surface area contributed by atoms with Crippen molar-refractivity contribution in [3.63, 3.8) is 0 Å². The minimum absolute atomic E-state index is 0.0247. The molecule has 1 atom stereocenters. The van der Waals surface area contributed by atoms with Gasteiger partial charge in [0.25, 0.3) is 5.91 Å². The highest BCUT2D eigenvalue weighted by atomic mass is 32.2. The standard InChI is InChI=1S/C24H32N6O4S2/c1-27(19-7-15-36(33,34)17-19)23(31)20-16-35-22(26-20)18-5-9-29(10-6-18)24(32)30-13-11-28(12-14-30)21-4-2-3-8-25-21/h2-4,8,16,18-19H,5-7,9-15,17H2,1H3. The van der Waals surface area contributed by atoms with E-state index in [0.29, 0.717) is 38.3 Å². The van der Waals surface area contributed by atoms with Gasteiger partial charge in [-0.05, 0) is 31.4 Å². The SMILES string of the molecule is CN(C(=O)c1csc(C2CCN(C(=O)N3CCN(c4ccccn4)CC3)CC2)n1)C1CCS(=O)(=O)C1. The third-order valence-electron chi connectivity index (χ3n) is 7.46. The van der Waals surface area contributed by atoms with E-state index in [4.69, 9.17) is 0 Å². The number of anilines is 1. The van der Waals surface area contributed by atoms with Crippen LogP contribution in [0.5, 0.6) is 0 Å². The maximum Gasteiger partial charge on any atom is 0.320 e. The maximum absolute atomic E-state index is 13.1. The van der Waals surface area contributed by atoms with E-state index < -0.39 is 9.84 Å². The summed E-state index contributed by atoms with van der Waals surface area (Å²) in [4.78, 5) is 42.6. The van der Waals surface area contributed by atoms with E-state index in [-0.39, 0.29) is 35.4 Å². The molecule has 0 spiro atoms. The maximum atomic E-state index is 13.1. The molecule has 194 valence electrons. The molecular formula is C24H32N6O4S2. The number of piperazine rings is 1. The summed E-state index contributed by atoms with van der Waals surface area (Å²) in [6, 6.07) is 5.69. The molecule has 0 radical (unpaired) electrons. The lowest BCUT2D eigenvalue weighted by molar-refractivity contribution is 0.0742. The molecule has 3 saturated heterocycles. The summed E-state index contributed by atoms with van der Waals surface area (Å²) < 4.78 is 23.6. The van der Waals surface area contributed by atoms with Gasteiger partial charge >= 0.3 is 6.03 Å². The largest absolute Gasteiger partial charge is 0.353 e. The minimum Gasteiger partial charge on any atom is -0.353 e. The van der Waals surface area contributed by atoms with Crippen LogP contribution in [-0.4, -0.2) is 109 Å². The molecule has 10 nitrogen and oxygen atoms in total. The Kier molecular flexibility index (Phi) is 7.16. The van der Waals surface area contributed by atoms with E-state index in [0.717, 1.165) is 36.8 Å². The Bertz CT molecular complexity index is 1190. The van der Waals surface area contributed by atoms with Gasteiger partial charge in [-0.15, -0.1) is 11.3 Å². The Labute approximate surface area is 215 Å². The fourth-order valence-electron chi connectivity index (χ4n) is 5.19. The highest BCUT2D eigenvalue weighted by Gasteiger charge is 2.34. The number of amides is 3. The summed E-state index contributed by atoms with van der Waals surface area (Å²) in [6.07, 6.45) is 3.90. The summed E-state index contributed by atoms with van der Waals surface area (Å²) >= 11 is 1.48. The third-order valence-corrected chi connectivity index (χ3v) is 10.2. The second-order valence-corrected chi connectivity index (χ2v) is 12.9. The van der Waals surface area contributed by atoms with Crippen LogP contribution in [0.4, 0.5) is 10.6 Å². The number of nitrogens with zero attached hydrogens (tertiary/aromatic N) is 6. The second kappa shape index (κ2) is 10.3.